The summed E-state index contributed by atoms with van der Waals surface area (Å²) in [5, 5.41) is 13.5. The molecule has 27 heavy (non-hydrogen) atoms. The average Bonchev–Trinajstić information content (AvgIpc) is 3.21. The number of amides is 1. The molecule has 2 fully saturated rings. The van der Waals surface area contributed by atoms with Crippen LogP contribution >= 0.6 is 0 Å². The van der Waals surface area contributed by atoms with Crippen LogP contribution in [0.15, 0.2) is 34.9 Å². The maximum atomic E-state index is 13.4. The first kappa shape index (κ1) is 18.1. The molecule has 1 heterocycles. The van der Waals surface area contributed by atoms with Crippen molar-refractivity contribution < 1.29 is 14.4 Å². The van der Waals surface area contributed by atoms with Crippen molar-refractivity contribution in [2.45, 2.75) is 76.3 Å². The minimum Gasteiger partial charge on any atom is -0.508 e. The number of aromatic nitrogens is 1. The normalized spacial score (nSPS) is 19.1. The zero-order valence-electron chi connectivity index (χ0n) is 15.8. The smallest absolute Gasteiger partial charge is 0.276 e. The number of aromatic hydroxyl groups is 1. The second-order valence-electron chi connectivity index (χ2n) is 7.92. The van der Waals surface area contributed by atoms with Crippen LogP contribution in [0.5, 0.6) is 5.75 Å². The Hall–Kier alpha value is -2.30. The molecular formula is C22H28N2O3. The van der Waals surface area contributed by atoms with Crippen molar-refractivity contribution >= 4 is 5.91 Å². The van der Waals surface area contributed by atoms with Gasteiger partial charge in [-0.2, -0.15) is 0 Å². The maximum absolute atomic E-state index is 13.4. The van der Waals surface area contributed by atoms with Crippen molar-refractivity contribution in [1.82, 2.24) is 10.1 Å². The van der Waals surface area contributed by atoms with Gasteiger partial charge in [-0.3, -0.25) is 4.79 Å². The van der Waals surface area contributed by atoms with Crippen LogP contribution < -0.4 is 0 Å². The van der Waals surface area contributed by atoms with Crippen molar-refractivity contribution in [3.8, 4) is 17.1 Å². The third-order valence-electron chi connectivity index (χ3n) is 6.05. The van der Waals surface area contributed by atoms with Crippen molar-refractivity contribution in [1.29, 1.82) is 0 Å². The Morgan fingerprint density at radius 2 is 1.48 bits per heavy atom. The van der Waals surface area contributed by atoms with Gasteiger partial charge < -0.3 is 14.5 Å². The van der Waals surface area contributed by atoms with Gasteiger partial charge in [0.05, 0.1) is 0 Å². The highest BCUT2D eigenvalue weighted by Crippen LogP contribution is 2.32. The van der Waals surface area contributed by atoms with Gasteiger partial charge in [-0.05, 0) is 49.9 Å². The lowest BCUT2D eigenvalue weighted by Crippen LogP contribution is -2.48. The summed E-state index contributed by atoms with van der Waals surface area (Å²) in [6, 6.07) is 9.17. The Kier molecular flexibility index (Phi) is 5.46. The molecule has 2 aliphatic carbocycles. The molecule has 1 aromatic carbocycles. The molecule has 2 saturated carbocycles. The Labute approximate surface area is 160 Å². The van der Waals surface area contributed by atoms with E-state index in [1.165, 1.54) is 38.5 Å². The summed E-state index contributed by atoms with van der Waals surface area (Å²) in [5.41, 5.74) is 1.20. The van der Waals surface area contributed by atoms with Gasteiger partial charge in [-0.1, -0.05) is 43.7 Å². The van der Waals surface area contributed by atoms with Gasteiger partial charge in [0.1, 0.15) is 5.75 Å². The molecule has 2 aliphatic rings. The van der Waals surface area contributed by atoms with Gasteiger partial charge in [-0.15, -0.1) is 0 Å². The summed E-state index contributed by atoms with van der Waals surface area (Å²) in [4.78, 5) is 15.6. The number of phenolic OH excluding ortho intramolecular Hbond substituents is 1. The van der Waals surface area contributed by atoms with Crippen LogP contribution in [0.1, 0.15) is 74.7 Å². The Morgan fingerprint density at radius 3 is 2.04 bits per heavy atom. The topological polar surface area (TPSA) is 66.6 Å². The van der Waals surface area contributed by atoms with Gasteiger partial charge in [0.2, 0.25) is 0 Å². The molecule has 0 atom stereocenters. The fourth-order valence-corrected chi connectivity index (χ4v) is 4.62. The molecule has 0 spiro atoms. The van der Waals surface area contributed by atoms with Crippen LogP contribution in [0.4, 0.5) is 0 Å². The first-order valence-electron chi connectivity index (χ1n) is 10.3. The van der Waals surface area contributed by atoms with E-state index in [0.717, 1.165) is 31.2 Å². The molecule has 5 nitrogen and oxygen atoms in total. The van der Waals surface area contributed by atoms with E-state index in [2.05, 4.69) is 10.1 Å². The number of benzene rings is 1. The second kappa shape index (κ2) is 8.15. The van der Waals surface area contributed by atoms with Crippen LogP contribution in [-0.4, -0.2) is 33.2 Å². The Balaban J connectivity index is 1.58. The Morgan fingerprint density at radius 1 is 0.926 bits per heavy atom. The summed E-state index contributed by atoms with van der Waals surface area (Å²) in [6.45, 7) is 0. The van der Waals surface area contributed by atoms with Crippen LogP contribution in [0.2, 0.25) is 0 Å². The molecule has 0 aliphatic heterocycles. The number of rotatable bonds is 4. The molecule has 0 bridgehead atoms. The summed E-state index contributed by atoms with van der Waals surface area (Å²) in [6.07, 6.45) is 11.8. The van der Waals surface area contributed by atoms with E-state index in [4.69, 9.17) is 4.52 Å². The highest BCUT2D eigenvalue weighted by atomic mass is 16.5. The molecule has 5 heteroatoms. The largest absolute Gasteiger partial charge is 0.508 e. The van der Waals surface area contributed by atoms with E-state index in [9.17, 15) is 9.90 Å². The first-order valence-corrected chi connectivity index (χ1v) is 10.3. The minimum atomic E-state index is 0.0163. The first-order chi connectivity index (χ1) is 13.2. The van der Waals surface area contributed by atoms with Crippen molar-refractivity contribution in [2.24, 2.45) is 0 Å². The highest BCUT2D eigenvalue weighted by molar-refractivity contribution is 5.93. The fourth-order valence-electron chi connectivity index (χ4n) is 4.62. The third kappa shape index (κ3) is 4.02. The number of phenols is 1. The number of carbonyl (C=O) groups is 1. The lowest BCUT2D eigenvalue weighted by molar-refractivity contribution is 0.0438. The van der Waals surface area contributed by atoms with Crippen LogP contribution in [0.3, 0.4) is 0 Å². The van der Waals surface area contributed by atoms with E-state index in [-0.39, 0.29) is 11.7 Å². The molecule has 0 unspecified atom stereocenters. The maximum Gasteiger partial charge on any atom is 0.276 e. The van der Waals surface area contributed by atoms with Gasteiger partial charge in [-0.25, -0.2) is 0 Å². The zero-order valence-corrected chi connectivity index (χ0v) is 15.8. The summed E-state index contributed by atoms with van der Waals surface area (Å²) < 4.78 is 5.46. The fraction of sp³-hybridized carbons (Fsp3) is 0.545. The van der Waals surface area contributed by atoms with Gasteiger partial charge in [0.25, 0.3) is 5.91 Å². The molecule has 2 aromatic rings. The van der Waals surface area contributed by atoms with Crippen LogP contribution in [0.25, 0.3) is 11.3 Å². The lowest BCUT2D eigenvalue weighted by atomic mass is 9.88. The number of nitrogens with zero attached hydrogens (tertiary/aromatic N) is 2. The van der Waals surface area contributed by atoms with Gasteiger partial charge in [0.15, 0.2) is 11.5 Å². The molecule has 1 amide bonds. The van der Waals surface area contributed by atoms with E-state index >= 15 is 0 Å². The molecule has 1 N–H and O–H groups in total. The van der Waals surface area contributed by atoms with Gasteiger partial charge in [0, 0.05) is 23.7 Å². The molecule has 0 saturated heterocycles. The van der Waals surface area contributed by atoms with Crippen LogP contribution in [0, 0.1) is 0 Å². The van der Waals surface area contributed by atoms with Gasteiger partial charge >= 0.3 is 0 Å². The highest BCUT2D eigenvalue weighted by Gasteiger charge is 2.34. The standard InChI is InChI=1S/C22H28N2O3/c25-19-13-11-16(12-14-19)21-15-20(23-27-21)22(26)24(17-7-3-1-4-8-17)18-9-5-2-6-10-18/h11-15,17-18,25H,1-10H2. The SMILES string of the molecule is O=C(c1cc(-c2ccc(O)cc2)on1)N(C1CCCCC1)C1CCCCC1. The lowest BCUT2D eigenvalue weighted by Gasteiger charge is -2.41. The van der Waals surface area contributed by atoms with Crippen molar-refractivity contribution in [3.05, 3.63) is 36.0 Å². The quantitative estimate of drug-likeness (QED) is 0.810. The second-order valence-corrected chi connectivity index (χ2v) is 7.92. The van der Waals surface area contributed by atoms with E-state index in [1.54, 1.807) is 30.3 Å². The molecule has 0 radical (unpaired) electrons. The monoisotopic (exact) mass is 368 g/mol. The van der Waals surface area contributed by atoms with E-state index < -0.39 is 0 Å². The third-order valence-corrected chi connectivity index (χ3v) is 6.05. The summed E-state index contributed by atoms with van der Waals surface area (Å²) in [7, 11) is 0. The van der Waals surface area contributed by atoms with E-state index in [1.807, 2.05) is 0 Å². The predicted octanol–water partition coefficient (Wildman–Crippen LogP) is 5.15. The Bertz CT molecular complexity index is 738. The predicted molar refractivity (Wildman–Crippen MR) is 104 cm³/mol. The minimum absolute atomic E-state index is 0.0163. The average molecular weight is 368 g/mol. The van der Waals surface area contributed by atoms with Crippen molar-refractivity contribution in [2.75, 3.05) is 0 Å². The summed E-state index contributed by atoms with van der Waals surface area (Å²) >= 11 is 0. The van der Waals surface area contributed by atoms with E-state index in [0.29, 0.717) is 23.5 Å². The molecule has 4 rings (SSSR count). The number of hydrogen-bond acceptors (Lipinski definition) is 4. The summed E-state index contributed by atoms with van der Waals surface area (Å²) in [5.74, 6) is 0.781. The molecular weight excluding hydrogens is 340 g/mol. The van der Waals surface area contributed by atoms with Crippen LogP contribution in [-0.2, 0) is 0 Å². The molecule has 144 valence electrons. The number of hydrogen-bond donors (Lipinski definition) is 1. The zero-order chi connectivity index (χ0) is 18.6. The molecule has 1 aromatic heterocycles. The van der Waals surface area contributed by atoms with Crippen molar-refractivity contribution in [3.63, 3.8) is 0 Å². The number of carbonyl (C=O) groups excluding carboxylic acids is 1.